The summed E-state index contributed by atoms with van der Waals surface area (Å²) in [6.07, 6.45) is 0.781. The molecule has 2 unspecified atom stereocenters. The second-order valence-electron chi connectivity index (χ2n) is 3.56. The fraction of sp³-hybridized carbons (Fsp3) is 0.889. The summed E-state index contributed by atoms with van der Waals surface area (Å²) in [5, 5.41) is 9.60. The van der Waals surface area contributed by atoms with Gasteiger partial charge in [0.05, 0.1) is 26.4 Å². The number of carbonyl (C=O) groups excluding carboxylic acids is 1. The minimum atomic E-state index is -1.57. The molecule has 0 amide bonds. The van der Waals surface area contributed by atoms with Crippen molar-refractivity contribution in [3.05, 3.63) is 0 Å². The zero-order valence-electron chi connectivity index (χ0n) is 8.49. The fourth-order valence-electron chi connectivity index (χ4n) is 1.20. The molecule has 5 nitrogen and oxygen atoms in total. The van der Waals surface area contributed by atoms with Crippen molar-refractivity contribution in [1.29, 1.82) is 0 Å². The van der Waals surface area contributed by atoms with Crippen molar-refractivity contribution in [3.63, 3.8) is 0 Å². The molecule has 1 rings (SSSR count). The van der Waals surface area contributed by atoms with Crippen LogP contribution in [0.25, 0.3) is 0 Å². The van der Waals surface area contributed by atoms with Crippen molar-refractivity contribution >= 4 is 5.97 Å². The Morgan fingerprint density at radius 1 is 1.71 bits per heavy atom. The molecule has 0 bridgehead atoms. The zero-order chi connectivity index (χ0) is 10.6. The van der Waals surface area contributed by atoms with Crippen LogP contribution in [-0.2, 0) is 19.0 Å². The smallest absolute Gasteiger partial charge is 0.339 e. The first kappa shape index (κ1) is 11.4. The lowest BCUT2D eigenvalue weighted by Gasteiger charge is -2.21. The van der Waals surface area contributed by atoms with Gasteiger partial charge in [-0.15, -0.1) is 0 Å². The highest BCUT2D eigenvalue weighted by atomic mass is 16.6. The maximum absolute atomic E-state index is 11.1. The van der Waals surface area contributed by atoms with Crippen LogP contribution in [0.3, 0.4) is 0 Å². The predicted molar refractivity (Wildman–Crippen MR) is 47.8 cm³/mol. The fourth-order valence-corrected chi connectivity index (χ4v) is 1.20. The number of esters is 1. The Labute approximate surface area is 82.9 Å². The summed E-state index contributed by atoms with van der Waals surface area (Å²) < 4.78 is 14.8. The van der Waals surface area contributed by atoms with Crippen molar-refractivity contribution in [2.24, 2.45) is 0 Å². The van der Waals surface area contributed by atoms with Gasteiger partial charge in [0.2, 0.25) is 0 Å². The van der Waals surface area contributed by atoms with Crippen LogP contribution in [0, 0.1) is 0 Å². The van der Waals surface area contributed by atoms with E-state index in [4.69, 9.17) is 9.47 Å². The lowest BCUT2D eigenvalue weighted by Crippen LogP contribution is -2.42. The monoisotopic (exact) mass is 204 g/mol. The molecule has 0 aromatic rings. The highest BCUT2D eigenvalue weighted by molar-refractivity contribution is 5.78. The molecule has 0 saturated carbocycles. The number of methoxy groups -OCH3 is 1. The van der Waals surface area contributed by atoms with Crippen LogP contribution in [-0.4, -0.2) is 49.7 Å². The van der Waals surface area contributed by atoms with E-state index >= 15 is 0 Å². The first-order chi connectivity index (χ1) is 6.56. The Hall–Kier alpha value is -0.650. The number of carbonyl (C=O) groups is 1. The van der Waals surface area contributed by atoms with Gasteiger partial charge in [-0.1, -0.05) is 0 Å². The first-order valence-electron chi connectivity index (χ1n) is 4.56. The average Bonchev–Trinajstić information content (AvgIpc) is 2.66. The van der Waals surface area contributed by atoms with Gasteiger partial charge in [0.15, 0.2) is 5.60 Å². The quantitative estimate of drug-likeness (QED) is 0.638. The van der Waals surface area contributed by atoms with Gasteiger partial charge in [-0.3, -0.25) is 0 Å². The molecular weight excluding hydrogens is 188 g/mol. The summed E-state index contributed by atoms with van der Waals surface area (Å²) in [5.74, 6) is -0.684. The second-order valence-corrected chi connectivity index (χ2v) is 3.56. The summed E-state index contributed by atoms with van der Waals surface area (Å²) in [5.41, 5.74) is -1.57. The number of rotatable bonds is 4. The Morgan fingerprint density at radius 3 is 2.93 bits per heavy atom. The normalized spacial score (nSPS) is 25.8. The van der Waals surface area contributed by atoms with Gasteiger partial charge in [0.1, 0.15) is 0 Å². The van der Waals surface area contributed by atoms with E-state index in [1.165, 1.54) is 14.0 Å². The Bertz CT molecular complexity index is 195. The molecule has 2 atom stereocenters. The molecule has 0 radical (unpaired) electrons. The molecule has 1 saturated heterocycles. The van der Waals surface area contributed by atoms with Crippen LogP contribution in [0.1, 0.15) is 13.3 Å². The van der Waals surface area contributed by atoms with Gasteiger partial charge in [-0.05, 0) is 13.3 Å². The van der Waals surface area contributed by atoms with E-state index in [0.29, 0.717) is 13.2 Å². The van der Waals surface area contributed by atoms with E-state index in [0.717, 1.165) is 6.42 Å². The molecular formula is C9H16O5. The van der Waals surface area contributed by atoms with Gasteiger partial charge in [-0.2, -0.15) is 0 Å². The van der Waals surface area contributed by atoms with Gasteiger partial charge < -0.3 is 19.3 Å². The second kappa shape index (κ2) is 4.72. The molecule has 1 aliphatic rings. The summed E-state index contributed by atoms with van der Waals surface area (Å²) in [4.78, 5) is 11.1. The number of aliphatic hydroxyl groups is 1. The Balaban J connectivity index is 2.31. The van der Waals surface area contributed by atoms with Crippen molar-refractivity contribution in [3.8, 4) is 0 Å². The Morgan fingerprint density at radius 2 is 2.43 bits per heavy atom. The van der Waals surface area contributed by atoms with Crippen LogP contribution in [0.4, 0.5) is 0 Å². The van der Waals surface area contributed by atoms with Crippen LogP contribution >= 0.6 is 0 Å². The molecule has 1 fully saturated rings. The minimum absolute atomic E-state index is 0.0221. The van der Waals surface area contributed by atoms with Gasteiger partial charge >= 0.3 is 5.97 Å². The molecule has 0 aliphatic carbocycles. The topological polar surface area (TPSA) is 65.0 Å². The summed E-state index contributed by atoms with van der Waals surface area (Å²) in [6, 6.07) is 0. The highest BCUT2D eigenvalue weighted by Gasteiger charge is 2.33. The van der Waals surface area contributed by atoms with Crippen LogP contribution in [0.2, 0.25) is 0 Å². The minimum Gasteiger partial charge on any atom is -0.467 e. The van der Waals surface area contributed by atoms with Crippen molar-refractivity contribution in [2.45, 2.75) is 25.0 Å². The van der Waals surface area contributed by atoms with Crippen LogP contribution < -0.4 is 0 Å². The molecule has 5 heteroatoms. The molecule has 0 aromatic heterocycles. The van der Waals surface area contributed by atoms with Crippen LogP contribution in [0.15, 0.2) is 0 Å². The third-order valence-corrected chi connectivity index (χ3v) is 2.11. The standard InChI is InChI=1S/C9H16O5/c1-9(11,8(10)12-2)6-14-7-3-4-13-5-7/h7,11H,3-6H2,1-2H3. The van der Waals surface area contributed by atoms with E-state index < -0.39 is 11.6 Å². The van der Waals surface area contributed by atoms with E-state index in [9.17, 15) is 9.90 Å². The van der Waals surface area contributed by atoms with Gasteiger partial charge in [0.25, 0.3) is 0 Å². The van der Waals surface area contributed by atoms with Gasteiger partial charge in [-0.25, -0.2) is 4.79 Å². The Kier molecular flexibility index (Phi) is 3.86. The number of hydrogen-bond donors (Lipinski definition) is 1. The maximum Gasteiger partial charge on any atom is 0.339 e. The summed E-state index contributed by atoms with van der Waals surface area (Å²) in [7, 11) is 1.23. The first-order valence-corrected chi connectivity index (χ1v) is 4.56. The molecule has 82 valence electrons. The van der Waals surface area contributed by atoms with E-state index in [1.807, 2.05) is 0 Å². The van der Waals surface area contributed by atoms with E-state index in [1.54, 1.807) is 0 Å². The molecule has 1 aliphatic heterocycles. The SMILES string of the molecule is COC(=O)C(C)(O)COC1CCOC1. The van der Waals surface area contributed by atoms with Crippen molar-refractivity contribution in [2.75, 3.05) is 26.9 Å². The maximum atomic E-state index is 11.1. The largest absolute Gasteiger partial charge is 0.467 e. The lowest BCUT2D eigenvalue weighted by molar-refractivity contribution is -0.168. The predicted octanol–water partition coefficient (Wildman–Crippen LogP) is -0.284. The molecule has 14 heavy (non-hydrogen) atoms. The third kappa shape index (κ3) is 2.94. The zero-order valence-corrected chi connectivity index (χ0v) is 8.49. The van der Waals surface area contributed by atoms with Gasteiger partial charge in [0, 0.05) is 6.61 Å². The number of ether oxygens (including phenoxy) is 3. The van der Waals surface area contributed by atoms with E-state index in [-0.39, 0.29) is 12.7 Å². The summed E-state index contributed by atoms with van der Waals surface area (Å²) >= 11 is 0. The average molecular weight is 204 g/mol. The molecule has 0 spiro atoms. The summed E-state index contributed by atoms with van der Waals surface area (Å²) in [6.45, 7) is 2.50. The molecule has 0 aromatic carbocycles. The van der Waals surface area contributed by atoms with Crippen molar-refractivity contribution < 1.29 is 24.1 Å². The van der Waals surface area contributed by atoms with E-state index in [2.05, 4.69) is 4.74 Å². The van der Waals surface area contributed by atoms with Crippen molar-refractivity contribution in [1.82, 2.24) is 0 Å². The third-order valence-electron chi connectivity index (χ3n) is 2.11. The number of hydrogen-bond acceptors (Lipinski definition) is 5. The highest BCUT2D eigenvalue weighted by Crippen LogP contribution is 2.13. The molecule has 1 N–H and O–H groups in total. The van der Waals surface area contributed by atoms with Crippen LogP contribution in [0.5, 0.6) is 0 Å². The lowest BCUT2D eigenvalue weighted by atomic mass is 10.1. The molecule has 1 heterocycles.